The van der Waals surface area contributed by atoms with Gasteiger partial charge < -0.3 is 10.2 Å². The summed E-state index contributed by atoms with van der Waals surface area (Å²) in [6.45, 7) is 6.29. The second-order valence-corrected chi connectivity index (χ2v) is 4.57. The number of rotatable bonds is 3. The number of hydrogen-bond acceptors (Lipinski definition) is 5. The lowest BCUT2D eigenvalue weighted by molar-refractivity contribution is 0.582. The molecule has 0 amide bonds. The van der Waals surface area contributed by atoms with E-state index >= 15 is 0 Å². The molecule has 0 aliphatic carbocycles. The molecule has 0 spiro atoms. The molecule has 16 heavy (non-hydrogen) atoms. The Kier molecular flexibility index (Phi) is 4.01. The molecule has 0 saturated carbocycles. The molecule has 1 saturated heterocycles. The summed E-state index contributed by atoms with van der Waals surface area (Å²) < 4.78 is 0. The predicted molar refractivity (Wildman–Crippen MR) is 68.3 cm³/mol. The third-order valence-corrected chi connectivity index (χ3v) is 3.28. The van der Waals surface area contributed by atoms with E-state index < -0.39 is 0 Å². The van der Waals surface area contributed by atoms with Crippen molar-refractivity contribution in [3.05, 3.63) is 11.8 Å². The molecule has 1 aromatic heterocycles. The number of anilines is 1. The summed E-state index contributed by atoms with van der Waals surface area (Å²) in [5.41, 5.74) is 1.13. The molecule has 0 aromatic carbocycles. The summed E-state index contributed by atoms with van der Waals surface area (Å²) in [6, 6.07) is 2.12. The first kappa shape index (κ1) is 11.7. The van der Waals surface area contributed by atoms with Gasteiger partial charge in [-0.25, -0.2) is 9.97 Å². The summed E-state index contributed by atoms with van der Waals surface area (Å²) in [7, 11) is 0. The Balaban J connectivity index is 2.24. The van der Waals surface area contributed by atoms with Gasteiger partial charge in [-0.3, -0.25) is 0 Å². The van der Waals surface area contributed by atoms with Gasteiger partial charge in [0.15, 0.2) is 5.16 Å². The predicted octanol–water partition coefficient (Wildman–Crippen LogP) is 1.17. The minimum Gasteiger partial charge on any atom is -0.354 e. The molecule has 4 nitrogen and oxygen atoms in total. The topological polar surface area (TPSA) is 41.0 Å². The van der Waals surface area contributed by atoms with Crippen molar-refractivity contribution < 1.29 is 0 Å². The van der Waals surface area contributed by atoms with Crippen LogP contribution in [0.4, 0.5) is 5.82 Å². The van der Waals surface area contributed by atoms with E-state index in [0.29, 0.717) is 0 Å². The van der Waals surface area contributed by atoms with E-state index in [9.17, 15) is 0 Å². The molecule has 1 aliphatic rings. The zero-order valence-corrected chi connectivity index (χ0v) is 10.7. The minimum absolute atomic E-state index is 0.882. The van der Waals surface area contributed by atoms with E-state index in [-0.39, 0.29) is 0 Å². The van der Waals surface area contributed by atoms with Gasteiger partial charge in [0.2, 0.25) is 0 Å². The molecule has 2 heterocycles. The molecule has 88 valence electrons. The zero-order chi connectivity index (χ0) is 11.4. The van der Waals surface area contributed by atoms with Gasteiger partial charge >= 0.3 is 0 Å². The summed E-state index contributed by atoms with van der Waals surface area (Å²) in [6.07, 6.45) is 2.99. The maximum absolute atomic E-state index is 4.57. The zero-order valence-electron chi connectivity index (χ0n) is 9.86. The highest BCUT2D eigenvalue weighted by molar-refractivity contribution is 7.98. The molecular weight excluding hydrogens is 220 g/mol. The molecule has 1 aliphatic heterocycles. The van der Waals surface area contributed by atoms with Crippen molar-refractivity contribution >= 4 is 17.6 Å². The van der Waals surface area contributed by atoms with E-state index in [0.717, 1.165) is 49.3 Å². The highest BCUT2D eigenvalue weighted by Gasteiger charge is 2.13. The second kappa shape index (κ2) is 5.50. The molecule has 0 bridgehead atoms. The number of thioether (sulfide) groups is 1. The number of aryl methyl sites for hydroxylation is 1. The molecule has 1 aromatic rings. The van der Waals surface area contributed by atoms with Gasteiger partial charge in [0, 0.05) is 37.9 Å². The molecular formula is C11H18N4S. The van der Waals surface area contributed by atoms with Crippen LogP contribution in [0.3, 0.4) is 0 Å². The Bertz CT molecular complexity index is 328. The lowest BCUT2D eigenvalue weighted by atomic mass is 10.3. The van der Waals surface area contributed by atoms with Gasteiger partial charge in [-0.05, 0) is 12.7 Å². The first-order chi connectivity index (χ1) is 7.83. The number of nitrogens with zero attached hydrogens (tertiary/aromatic N) is 3. The fraction of sp³-hybridized carbons (Fsp3) is 0.636. The fourth-order valence-electron chi connectivity index (χ4n) is 1.79. The maximum atomic E-state index is 4.57. The molecule has 1 N–H and O–H groups in total. The summed E-state index contributed by atoms with van der Waals surface area (Å²) in [5, 5.41) is 4.23. The van der Waals surface area contributed by atoms with Crippen molar-refractivity contribution in [2.75, 3.05) is 37.3 Å². The van der Waals surface area contributed by atoms with Gasteiger partial charge in [-0.1, -0.05) is 18.7 Å². The highest BCUT2D eigenvalue weighted by Crippen LogP contribution is 2.18. The molecule has 5 heteroatoms. The Hall–Kier alpha value is -0.810. The highest BCUT2D eigenvalue weighted by atomic mass is 32.2. The first-order valence-corrected chi connectivity index (χ1v) is 6.93. The molecule has 2 rings (SSSR count). The van der Waals surface area contributed by atoms with Crippen molar-refractivity contribution in [2.24, 2.45) is 0 Å². The van der Waals surface area contributed by atoms with Crippen LogP contribution >= 0.6 is 11.8 Å². The van der Waals surface area contributed by atoms with Crippen LogP contribution in [0.25, 0.3) is 0 Å². The SMILES string of the molecule is CCc1cc(N2CCNCC2)nc(SC)n1. The van der Waals surface area contributed by atoms with Crippen LogP contribution in [0.15, 0.2) is 11.2 Å². The number of piperazine rings is 1. The second-order valence-electron chi connectivity index (χ2n) is 3.79. The Morgan fingerprint density at radius 1 is 1.38 bits per heavy atom. The summed E-state index contributed by atoms with van der Waals surface area (Å²) in [5.74, 6) is 1.08. The summed E-state index contributed by atoms with van der Waals surface area (Å²) >= 11 is 1.61. The summed E-state index contributed by atoms with van der Waals surface area (Å²) in [4.78, 5) is 11.4. The lowest BCUT2D eigenvalue weighted by Gasteiger charge is -2.28. The average Bonchev–Trinajstić information content (AvgIpc) is 2.39. The van der Waals surface area contributed by atoms with Gasteiger partial charge in [0.1, 0.15) is 5.82 Å². The van der Waals surface area contributed by atoms with E-state index in [2.05, 4.69) is 33.2 Å². The van der Waals surface area contributed by atoms with Crippen LogP contribution < -0.4 is 10.2 Å². The van der Waals surface area contributed by atoms with Crippen LogP contribution in [-0.4, -0.2) is 42.4 Å². The van der Waals surface area contributed by atoms with Gasteiger partial charge in [-0.2, -0.15) is 0 Å². The quantitative estimate of drug-likeness (QED) is 0.632. The minimum atomic E-state index is 0.882. The lowest BCUT2D eigenvalue weighted by Crippen LogP contribution is -2.44. The normalized spacial score (nSPS) is 16.5. The number of aromatic nitrogens is 2. The van der Waals surface area contributed by atoms with Crippen LogP contribution in [0.2, 0.25) is 0 Å². The van der Waals surface area contributed by atoms with Crippen molar-refractivity contribution in [1.29, 1.82) is 0 Å². The van der Waals surface area contributed by atoms with Crippen molar-refractivity contribution in [3.8, 4) is 0 Å². The first-order valence-electron chi connectivity index (χ1n) is 5.71. The third-order valence-electron chi connectivity index (χ3n) is 2.73. The monoisotopic (exact) mass is 238 g/mol. The van der Waals surface area contributed by atoms with E-state index in [1.807, 2.05) is 6.26 Å². The van der Waals surface area contributed by atoms with Gasteiger partial charge in [-0.15, -0.1) is 0 Å². The average molecular weight is 238 g/mol. The molecule has 0 atom stereocenters. The van der Waals surface area contributed by atoms with Crippen LogP contribution in [0.1, 0.15) is 12.6 Å². The number of nitrogens with one attached hydrogen (secondary N) is 1. The van der Waals surface area contributed by atoms with Gasteiger partial charge in [0.05, 0.1) is 0 Å². The standard InChI is InChI=1S/C11H18N4S/c1-3-9-8-10(14-11(13-9)16-2)15-6-4-12-5-7-15/h8,12H,3-7H2,1-2H3. The maximum Gasteiger partial charge on any atom is 0.189 e. The Morgan fingerprint density at radius 3 is 2.75 bits per heavy atom. The number of hydrogen-bond donors (Lipinski definition) is 1. The van der Waals surface area contributed by atoms with Crippen molar-refractivity contribution in [3.63, 3.8) is 0 Å². The van der Waals surface area contributed by atoms with Crippen LogP contribution in [0, 0.1) is 0 Å². The molecule has 0 radical (unpaired) electrons. The van der Waals surface area contributed by atoms with E-state index in [1.54, 1.807) is 11.8 Å². The Labute approximate surface area is 101 Å². The smallest absolute Gasteiger partial charge is 0.189 e. The van der Waals surface area contributed by atoms with Crippen LogP contribution in [0.5, 0.6) is 0 Å². The molecule has 1 fully saturated rings. The van der Waals surface area contributed by atoms with E-state index in [4.69, 9.17) is 0 Å². The third kappa shape index (κ3) is 2.65. The fourth-order valence-corrected chi connectivity index (χ4v) is 2.18. The Morgan fingerprint density at radius 2 is 2.12 bits per heavy atom. The van der Waals surface area contributed by atoms with Gasteiger partial charge in [0.25, 0.3) is 0 Å². The largest absolute Gasteiger partial charge is 0.354 e. The van der Waals surface area contributed by atoms with E-state index in [1.165, 1.54) is 0 Å². The van der Waals surface area contributed by atoms with Crippen LogP contribution in [-0.2, 0) is 6.42 Å². The van der Waals surface area contributed by atoms with Crippen molar-refractivity contribution in [2.45, 2.75) is 18.5 Å². The van der Waals surface area contributed by atoms with Crippen molar-refractivity contribution in [1.82, 2.24) is 15.3 Å². The molecule has 0 unspecified atom stereocenters.